The number of nitrogens with zero attached hydrogens (tertiary/aromatic N) is 2. The number of halogens is 1. The first-order chi connectivity index (χ1) is 9.76. The smallest absolute Gasteiger partial charge is 0.147 e. The minimum Gasteiger partial charge on any atom is -0.319 e. The lowest BCUT2D eigenvalue weighted by Crippen LogP contribution is -2.09. The van der Waals surface area contributed by atoms with E-state index >= 15 is 0 Å². The molecule has 3 rings (SSSR count). The number of likely N-dealkylation sites (N-methyl/N-ethyl adjacent to an activating group) is 1. The number of nitrogens with one attached hydrogen (secondary N) is 1. The van der Waals surface area contributed by atoms with Crippen LogP contribution in [0.4, 0.5) is 0 Å². The topological polar surface area (TPSA) is 37.8 Å². The van der Waals surface area contributed by atoms with Crippen LogP contribution in [0.15, 0.2) is 40.9 Å². The van der Waals surface area contributed by atoms with E-state index in [1.807, 2.05) is 7.05 Å². The third-order valence-electron chi connectivity index (χ3n) is 3.10. The van der Waals surface area contributed by atoms with Crippen molar-refractivity contribution in [2.45, 2.75) is 6.42 Å². The van der Waals surface area contributed by atoms with E-state index in [0.29, 0.717) is 0 Å². The van der Waals surface area contributed by atoms with Crippen LogP contribution < -0.4 is 5.32 Å². The molecule has 0 saturated heterocycles. The van der Waals surface area contributed by atoms with Crippen LogP contribution in [0, 0.1) is 0 Å². The summed E-state index contributed by atoms with van der Waals surface area (Å²) in [5, 5.41) is 16.2. The number of hydrogen-bond acceptors (Lipinski definition) is 4. The minimum absolute atomic E-state index is 0.925. The largest absolute Gasteiger partial charge is 0.319 e. The zero-order valence-electron chi connectivity index (χ0n) is 11.1. The van der Waals surface area contributed by atoms with Gasteiger partial charge in [0.1, 0.15) is 10.0 Å². The second-order valence-corrected chi connectivity index (χ2v) is 6.54. The van der Waals surface area contributed by atoms with Gasteiger partial charge in [0.2, 0.25) is 0 Å². The molecule has 0 aliphatic rings. The van der Waals surface area contributed by atoms with E-state index in [1.54, 1.807) is 11.3 Å². The average molecular weight is 348 g/mol. The molecule has 0 spiro atoms. The number of fused-ring (bicyclic) bond motifs is 1. The number of aromatic nitrogens is 2. The molecule has 3 nitrogen and oxygen atoms in total. The van der Waals surface area contributed by atoms with Gasteiger partial charge in [-0.05, 0) is 36.0 Å². The molecule has 3 aromatic rings. The van der Waals surface area contributed by atoms with Crippen molar-refractivity contribution >= 4 is 38.0 Å². The van der Waals surface area contributed by atoms with Crippen LogP contribution >= 0.6 is 27.3 Å². The highest BCUT2D eigenvalue weighted by atomic mass is 79.9. The molecule has 0 saturated carbocycles. The third-order valence-corrected chi connectivity index (χ3v) is 4.63. The summed E-state index contributed by atoms with van der Waals surface area (Å²) in [7, 11) is 1.95. The van der Waals surface area contributed by atoms with Crippen molar-refractivity contribution in [2.75, 3.05) is 13.6 Å². The molecule has 2 aromatic carbocycles. The second kappa shape index (κ2) is 5.99. The Bertz CT molecular complexity index is 739. The summed E-state index contributed by atoms with van der Waals surface area (Å²) < 4.78 is 1.10. The molecule has 0 aliphatic heterocycles. The van der Waals surface area contributed by atoms with Crippen LogP contribution in [0.5, 0.6) is 0 Å². The minimum atomic E-state index is 0.925. The Kier molecular flexibility index (Phi) is 4.10. The summed E-state index contributed by atoms with van der Waals surface area (Å²) in [5.41, 5.74) is 1.13. The van der Waals surface area contributed by atoms with E-state index in [9.17, 15) is 0 Å². The average Bonchev–Trinajstić information content (AvgIpc) is 2.93. The van der Waals surface area contributed by atoms with Gasteiger partial charge >= 0.3 is 0 Å². The Morgan fingerprint density at radius 3 is 2.75 bits per heavy atom. The van der Waals surface area contributed by atoms with Gasteiger partial charge in [-0.1, -0.05) is 45.5 Å². The van der Waals surface area contributed by atoms with Gasteiger partial charge in [-0.25, -0.2) is 0 Å². The van der Waals surface area contributed by atoms with Crippen molar-refractivity contribution in [1.82, 2.24) is 15.5 Å². The van der Waals surface area contributed by atoms with Crippen LogP contribution in [0.3, 0.4) is 0 Å². The fourth-order valence-corrected chi connectivity index (χ4v) is 3.27. The summed E-state index contributed by atoms with van der Waals surface area (Å²) in [6.07, 6.45) is 0.925. The summed E-state index contributed by atoms with van der Waals surface area (Å²) in [5.74, 6) is 0. The molecular formula is C15H14BrN3S. The molecule has 0 aliphatic carbocycles. The zero-order chi connectivity index (χ0) is 13.9. The van der Waals surface area contributed by atoms with Crippen molar-refractivity contribution in [3.8, 4) is 10.6 Å². The van der Waals surface area contributed by atoms with E-state index in [-0.39, 0.29) is 0 Å². The van der Waals surface area contributed by atoms with Crippen LogP contribution in [0.2, 0.25) is 0 Å². The predicted molar refractivity (Wildman–Crippen MR) is 88.2 cm³/mol. The number of hydrogen-bond donors (Lipinski definition) is 1. The number of benzene rings is 2. The fourth-order valence-electron chi connectivity index (χ4n) is 2.05. The van der Waals surface area contributed by atoms with Gasteiger partial charge in [-0.15, -0.1) is 10.2 Å². The standard InChI is InChI=1S/C15H14BrN3S/c1-17-7-6-14-18-19-15(20-14)12-3-2-11-9-13(16)5-4-10(11)8-12/h2-5,8-9,17H,6-7H2,1H3. The SMILES string of the molecule is CNCCc1nnc(-c2ccc3cc(Br)ccc3c2)s1. The third kappa shape index (κ3) is 2.90. The Labute approximate surface area is 130 Å². The van der Waals surface area contributed by atoms with Gasteiger partial charge < -0.3 is 5.32 Å². The van der Waals surface area contributed by atoms with Crippen molar-refractivity contribution in [2.24, 2.45) is 0 Å². The van der Waals surface area contributed by atoms with Gasteiger partial charge in [0.15, 0.2) is 0 Å². The maximum Gasteiger partial charge on any atom is 0.147 e. The second-order valence-electron chi connectivity index (χ2n) is 4.56. The Balaban J connectivity index is 1.93. The highest BCUT2D eigenvalue weighted by molar-refractivity contribution is 9.10. The number of rotatable bonds is 4. The Morgan fingerprint density at radius 2 is 1.90 bits per heavy atom. The first-order valence-electron chi connectivity index (χ1n) is 6.43. The molecule has 0 amide bonds. The monoisotopic (exact) mass is 347 g/mol. The van der Waals surface area contributed by atoms with Crippen LogP contribution in [0.25, 0.3) is 21.3 Å². The molecular weight excluding hydrogens is 334 g/mol. The maximum atomic E-state index is 4.30. The van der Waals surface area contributed by atoms with Gasteiger partial charge in [-0.3, -0.25) is 0 Å². The van der Waals surface area contributed by atoms with E-state index in [0.717, 1.165) is 33.0 Å². The highest BCUT2D eigenvalue weighted by Crippen LogP contribution is 2.28. The van der Waals surface area contributed by atoms with Crippen molar-refractivity contribution in [3.05, 3.63) is 45.9 Å². The lowest BCUT2D eigenvalue weighted by atomic mass is 10.1. The van der Waals surface area contributed by atoms with Crippen LogP contribution in [-0.2, 0) is 6.42 Å². The molecule has 20 heavy (non-hydrogen) atoms. The van der Waals surface area contributed by atoms with Gasteiger partial charge in [0, 0.05) is 23.0 Å². The Morgan fingerprint density at radius 1 is 1.10 bits per heavy atom. The Hall–Kier alpha value is -1.30. The van der Waals surface area contributed by atoms with Crippen molar-refractivity contribution in [3.63, 3.8) is 0 Å². The van der Waals surface area contributed by atoms with Crippen LogP contribution in [-0.4, -0.2) is 23.8 Å². The summed E-state index contributed by atoms with van der Waals surface area (Å²) in [4.78, 5) is 0. The highest BCUT2D eigenvalue weighted by Gasteiger charge is 2.07. The van der Waals surface area contributed by atoms with Crippen molar-refractivity contribution in [1.29, 1.82) is 0 Å². The van der Waals surface area contributed by atoms with E-state index in [4.69, 9.17) is 0 Å². The first kappa shape index (κ1) is 13.7. The van der Waals surface area contributed by atoms with Crippen LogP contribution in [0.1, 0.15) is 5.01 Å². The molecule has 1 aromatic heterocycles. The van der Waals surface area contributed by atoms with E-state index < -0.39 is 0 Å². The summed E-state index contributed by atoms with van der Waals surface area (Å²) in [6.45, 7) is 0.931. The van der Waals surface area contributed by atoms with Gasteiger partial charge in [0.05, 0.1) is 0 Å². The molecule has 1 heterocycles. The zero-order valence-corrected chi connectivity index (χ0v) is 13.5. The normalized spacial score (nSPS) is 11.1. The molecule has 102 valence electrons. The van der Waals surface area contributed by atoms with Crippen molar-refractivity contribution < 1.29 is 0 Å². The quantitative estimate of drug-likeness (QED) is 0.778. The molecule has 1 N–H and O–H groups in total. The molecule has 0 fully saturated rings. The molecule has 0 atom stereocenters. The summed E-state index contributed by atoms with van der Waals surface area (Å²) in [6, 6.07) is 12.7. The van der Waals surface area contributed by atoms with Gasteiger partial charge in [0.25, 0.3) is 0 Å². The molecule has 0 unspecified atom stereocenters. The van der Waals surface area contributed by atoms with Gasteiger partial charge in [-0.2, -0.15) is 0 Å². The first-order valence-corrected chi connectivity index (χ1v) is 8.04. The maximum absolute atomic E-state index is 4.30. The molecule has 0 radical (unpaired) electrons. The molecule has 5 heteroatoms. The van der Waals surface area contributed by atoms with E-state index in [2.05, 4.69) is 67.8 Å². The van der Waals surface area contributed by atoms with E-state index in [1.165, 1.54) is 10.8 Å². The lowest BCUT2D eigenvalue weighted by molar-refractivity contribution is 0.779. The lowest BCUT2D eigenvalue weighted by Gasteiger charge is -2.01. The summed E-state index contributed by atoms with van der Waals surface area (Å²) >= 11 is 5.16. The molecule has 0 bridgehead atoms. The fraction of sp³-hybridized carbons (Fsp3) is 0.200. The predicted octanol–water partition coefficient (Wildman–Crippen LogP) is 3.88.